The SMILES string of the molecule is CCCCCOCCOC(F)(F)C(F)C(F)(F)F. The number of alkyl halides is 6. The van der Waals surface area contributed by atoms with Crippen LogP contribution < -0.4 is 0 Å². The van der Waals surface area contributed by atoms with Crippen LogP contribution in [-0.2, 0) is 9.47 Å². The van der Waals surface area contributed by atoms with Crippen LogP contribution in [0.2, 0.25) is 0 Å². The Morgan fingerprint density at radius 1 is 0.944 bits per heavy atom. The molecule has 18 heavy (non-hydrogen) atoms. The Labute approximate surface area is 101 Å². The topological polar surface area (TPSA) is 18.5 Å². The van der Waals surface area contributed by atoms with Crippen LogP contribution in [-0.4, -0.2) is 38.3 Å². The molecule has 8 heteroatoms. The minimum Gasteiger partial charge on any atom is -0.379 e. The average Bonchev–Trinajstić information content (AvgIpc) is 2.25. The normalized spacial score (nSPS) is 14.8. The van der Waals surface area contributed by atoms with Crippen molar-refractivity contribution in [3.05, 3.63) is 0 Å². The average molecular weight is 282 g/mol. The van der Waals surface area contributed by atoms with Gasteiger partial charge in [-0.1, -0.05) is 19.8 Å². The molecule has 110 valence electrons. The van der Waals surface area contributed by atoms with Crippen molar-refractivity contribution >= 4 is 0 Å². The largest absolute Gasteiger partial charge is 0.428 e. The van der Waals surface area contributed by atoms with E-state index in [1.165, 1.54) is 0 Å². The zero-order chi connectivity index (χ0) is 14.2. The fraction of sp³-hybridized carbons (Fsp3) is 1.00. The molecule has 0 aliphatic rings. The predicted octanol–water partition coefficient (Wildman–Crippen LogP) is 3.70. The number of ether oxygens (including phenoxy) is 2. The third kappa shape index (κ3) is 7.05. The molecule has 0 aromatic rings. The lowest BCUT2D eigenvalue weighted by molar-refractivity contribution is -0.337. The van der Waals surface area contributed by atoms with Gasteiger partial charge in [0.05, 0.1) is 13.2 Å². The van der Waals surface area contributed by atoms with Gasteiger partial charge in [-0.05, 0) is 6.42 Å². The Balaban J connectivity index is 3.77. The minimum atomic E-state index is -5.65. The van der Waals surface area contributed by atoms with Crippen LogP contribution in [0.25, 0.3) is 0 Å². The van der Waals surface area contributed by atoms with E-state index in [1.54, 1.807) is 0 Å². The Morgan fingerprint density at radius 2 is 1.56 bits per heavy atom. The van der Waals surface area contributed by atoms with Gasteiger partial charge >= 0.3 is 12.3 Å². The molecule has 0 spiro atoms. The summed E-state index contributed by atoms with van der Waals surface area (Å²) in [6, 6.07) is 0. The van der Waals surface area contributed by atoms with Crippen LogP contribution in [0.3, 0.4) is 0 Å². The first-order chi connectivity index (χ1) is 8.22. The Morgan fingerprint density at radius 3 is 2.06 bits per heavy atom. The molecule has 0 amide bonds. The summed E-state index contributed by atoms with van der Waals surface area (Å²) in [5, 5.41) is 0. The first-order valence-electron chi connectivity index (χ1n) is 5.52. The van der Waals surface area contributed by atoms with Crippen molar-refractivity contribution in [2.45, 2.75) is 44.6 Å². The first-order valence-corrected chi connectivity index (χ1v) is 5.52. The van der Waals surface area contributed by atoms with Gasteiger partial charge in [0.2, 0.25) is 0 Å². The van der Waals surface area contributed by atoms with Crippen LogP contribution in [0.15, 0.2) is 0 Å². The molecule has 0 aromatic carbocycles. The second-order valence-electron chi connectivity index (χ2n) is 3.63. The summed E-state index contributed by atoms with van der Waals surface area (Å²) in [7, 11) is 0. The van der Waals surface area contributed by atoms with Gasteiger partial charge in [0.1, 0.15) is 0 Å². The number of halogens is 6. The van der Waals surface area contributed by atoms with E-state index in [-0.39, 0.29) is 6.61 Å². The molecule has 1 unspecified atom stereocenters. The monoisotopic (exact) mass is 282 g/mol. The third-order valence-corrected chi connectivity index (χ3v) is 2.00. The van der Waals surface area contributed by atoms with Crippen LogP contribution in [0.4, 0.5) is 26.3 Å². The van der Waals surface area contributed by atoms with E-state index in [0.29, 0.717) is 6.61 Å². The number of rotatable bonds is 9. The van der Waals surface area contributed by atoms with Crippen LogP contribution in [0, 0.1) is 0 Å². The smallest absolute Gasteiger partial charge is 0.379 e. The highest BCUT2D eigenvalue weighted by molar-refractivity contribution is 4.75. The van der Waals surface area contributed by atoms with E-state index in [9.17, 15) is 26.3 Å². The molecule has 0 heterocycles. The van der Waals surface area contributed by atoms with Crippen LogP contribution in [0.5, 0.6) is 0 Å². The van der Waals surface area contributed by atoms with E-state index >= 15 is 0 Å². The second kappa shape index (κ2) is 7.83. The van der Waals surface area contributed by atoms with Gasteiger partial charge in [-0.15, -0.1) is 0 Å². The molecule has 0 aromatic heterocycles. The highest BCUT2D eigenvalue weighted by Crippen LogP contribution is 2.35. The first kappa shape index (κ1) is 17.5. The van der Waals surface area contributed by atoms with Crippen molar-refractivity contribution in [1.82, 2.24) is 0 Å². The molecule has 0 aliphatic heterocycles. The molecule has 0 rings (SSSR count). The third-order valence-electron chi connectivity index (χ3n) is 2.00. The minimum absolute atomic E-state index is 0.302. The van der Waals surface area contributed by atoms with Gasteiger partial charge in [0, 0.05) is 6.61 Å². The standard InChI is InChI=1S/C10H16F6O2/c1-2-3-4-5-17-6-7-18-10(15,16)8(11)9(12,13)14/h8H,2-7H2,1H3. The fourth-order valence-corrected chi connectivity index (χ4v) is 1.06. The molecule has 0 bridgehead atoms. The van der Waals surface area contributed by atoms with Crippen LogP contribution >= 0.6 is 0 Å². The van der Waals surface area contributed by atoms with Crippen molar-refractivity contribution in [1.29, 1.82) is 0 Å². The summed E-state index contributed by atoms with van der Waals surface area (Å²) in [4.78, 5) is 0. The zero-order valence-corrected chi connectivity index (χ0v) is 9.90. The lowest BCUT2D eigenvalue weighted by Crippen LogP contribution is -2.44. The van der Waals surface area contributed by atoms with Gasteiger partial charge in [-0.25, -0.2) is 4.39 Å². The van der Waals surface area contributed by atoms with Gasteiger partial charge in [-0.2, -0.15) is 22.0 Å². The van der Waals surface area contributed by atoms with Crippen molar-refractivity contribution in [2.24, 2.45) is 0 Å². The predicted molar refractivity (Wildman–Crippen MR) is 52.2 cm³/mol. The number of unbranched alkanes of at least 4 members (excludes halogenated alkanes) is 2. The maximum absolute atomic E-state index is 12.6. The molecule has 1 atom stereocenters. The summed E-state index contributed by atoms with van der Waals surface area (Å²) in [6.45, 7) is 1.17. The highest BCUT2D eigenvalue weighted by atomic mass is 19.4. The number of hydrogen-bond acceptors (Lipinski definition) is 2. The van der Waals surface area contributed by atoms with Gasteiger partial charge < -0.3 is 9.47 Å². The second-order valence-corrected chi connectivity index (χ2v) is 3.63. The molecule has 0 saturated heterocycles. The zero-order valence-electron chi connectivity index (χ0n) is 9.90. The summed E-state index contributed by atoms with van der Waals surface area (Å²) in [5.41, 5.74) is 0. The van der Waals surface area contributed by atoms with Gasteiger partial charge in [0.15, 0.2) is 0 Å². The van der Waals surface area contributed by atoms with E-state index in [0.717, 1.165) is 19.3 Å². The van der Waals surface area contributed by atoms with Crippen molar-refractivity contribution in [3.8, 4) is 0 Å². The van der Waals surface area contributed by atoms with E-state index in [2.05, 4.69) is 4.74 Å². The quantitative estimate of drug-likeness (QED) is 0.474. The van der Waals surface area contributed by atoms with Crippen LogP contribution in [0.1, 0.15) is 26.2 Å². The Hall–Kier alpha value is -0.500. The number of hydrogen-bond donors (Lipinski definition) is 0. The van der Waals surface area contributed by atoms with Crippen molar-refractivity contribution in [3.63, 3.8) is 0 Å². The summed E-state index contributed by atoms with van der Waals surface area (Å²) < 4.78 is 80.9. The van der Waals surface area contributed by atoms with Gasteiger partial charge in [-0.3, -0.25) is 0 Å². The molecule has 2 nitrogen and oxygen atoms in total. The van der Waals surface area contributed by atoms with E-state index in [1.807, 2.05) is 6.92 Å². The lowest BCUT2D eigenvalue weighted by Gasteiger charge is -2.22. The maximum Gasteiger partial charge on any atom is 0.428 e. The van der Waals surface area contributed by atoms with Crippen molar-refractivity contribution < 1.29 is 35.8 Å². The van der Waals surface area contributed by atoms with E-state index < -0.39 is 25.1 Å². The molecule has 0 radical (unpaired) electrons. The molecular formula is C10H16F6O2. The highest BCUT2D eigenvalue weighted by Gasteiger charge is 2.58. The Bertz CT molecular complexity index is 219. The maximum atomic E-state index is 12.6. The molecule has 0 aliphatic carbocycles. The Kier molecular flexibility index (Phi) is 7.61. The molecule has 0 saturated carbocycles. The fourth-order valence-electron chi connectivity index (χ4n) is 1.06. The van der Waals surface area contributed by atoms with Crippen molar-refractivity contribution in [2.75, 3.05) is 19.8 Å². The molecule has 0 N–H and O–H groups in total. The summed E-state index contributed by atoms with van der Waals surface area (Å²) >= 11 is 0. The summed E-state index contributed by atoms with van der Waals surface area (Å²) in [5.74, 6) is 0. The lowest BCUT2D eigenvalue weighted by atomic mass is 10.3. The summed E-state index contributed by atoms with van der Waals surface area (Å²) in [6.07, 6.45) is -12.3. The van der Waals surface area contributed by atoms with Gasteiger partial charge in [0.25, 0.3) is 6.17 Å². The molecular weight excluding hydrogens is 266 g/mol. The van der Waals surface area contributed by atoms with E-state index in [4.69, 9.17) is 4.74 Å². The molecule has 0 fully saturated rings.